The van der Waals surface area contributed by atoms with Crippen LogP contribution < -0.4 is 26.4 Å². The average Bonchev–Trinajstić information content (AvgIpc) is 2.78. The number of nitrogens with one attached hydrogen (secondary N) is 2. The second-order valence-corrected chi connectivity index (χ2v) is 10.2. The highest BCUT2D eigenvalue weighted by atomic mass is 35.5. The number of halogens is 3. The molecule has 0 amide bonds. The van der Waals surface area contributed by atoms with Crippen molar-refractivity contribution in [3.05, 3.63) is 75.4 Å². The van der Waals surface area contributed by atoms with Gasteiger partial charge in [0, 0.05) is 66.2 Å². The van der Waals surface area contributed by atoms with Gasteiger partial charge in [-0.2, -0.15) is 0 Å². The smallest absolute Gasteiger partial charge is 0.177 e. The zero-order valence-electron chi connectivity index (χ0n) is 20.1. The molecule has 11 heteroatoms. The zero-order valence-corrected chi connectivity index (χ0v) is 21.7. The number of hydrogen-bond acceptors (Lipinski definition) is 8. The maximum Gasteiger partial charge on any atom is 0.177 e. The van der Waals surface area contributed by atoms with Crippen LogP contribution in [0.25, 0.3) is 0 Å². The quantitative estimate of drug-likeness (QED) is 0.191. The molecule has 0 bridgehead atoms. The Morgan fingerprint density at radius 3 is 2.44 bits per heavy atom. The van der Waals surface area contributed by atoms with Gasteiger partial charge in [-0.05, 0) is 25.1 Å². The molecule has 3 aromatic rings. The molecule has 1 atom stereocenters. The third-order valence-electron chi connectivity index (χ3n) is 5.88. The van der Waals surface area contributed by atoms with E-state index in [4.69, 9.17) is 44.8 Å². The molecule has 1 fully saturated rings. The number of nitrogens with two attached hydrogens (primary N) is 2. The lowest BCUT2D eigenvalue weighted by Gasteiger charge is -2.50. The van der Waals surface area contributed by atoms with Gasteiger partial charge in [0.05, 0.1) is 21.3 Å². The van der Waals surface area contributed by atoms with Gasteiger partial charge in [-0.15, -0.1) is 0 Å². The molecule has 0 radical (unpaired) electrons. The Morgan fingerprint density at radius 1 is 1.19 bits per heavy atom. The summed E-state index contributed by atoms with van der Waals surface area (Å²) >= 11 is 12.3. The lowest BCUT2D eigenvalue weighted by molar-refractivity contribution is 0.204. The van der Waals surface area contributed by atoms with Crippen molar-refractivity contribution in [2.24, 2.45) is 5.73 Å². The summed E-state index contributed by atoms with van der Waals surface area (Å²) in [7, 11) is 0. The number of benzene rings is 1. The van der Waals surface area contributed by atoms with Gasteiger partial charge in [0.1, 0.15) is 5.82 Å². The van der Waals surface area contributed by atoms with Crippen LogP contribution in [-0.4, -0.2) is 40.3 Å². The molecule has 0 spiro atoms. The highest BCUT2D eigenvalue weighted by Gasteiger charge is 2.39. The van der Waals surface area contributed by atoms with Gasteiger partial charge in [-0.1, -0.05) is 37.0 Å². The van der Waals surface area contributed by atoms with Crippen molar-refractivity contribution in [3.63, 3.8) is 0 Å². The minimum atomic E-state index is -1.17. The van der Waals surface area contributed by atoms with Gasteiger partial charge in [-0.25, -0.2) is 9.37 Å². The molecule has 2 aromatic heterocycles. The third-order valence-corrected chi connectivity index (χ3v) is 6.48. The van der Waals surface area contributed by atoms with Crippen LogP contribution in [0.4, 0.5) is 15.9 Å². The molecule has 1 saturated heterocycles. The Kier molecular flexibility index (Phi) is 7.38. The Bertz CT molecular complexity index is 1260. The molecule has 3 heterocycles. The van der Waals surface area contributed by atoms with E-state index in [1.165, 1.54) is 18.5 Å². The van der Waals surface area contributed by atoms with Crippen molar-refractivity contribution in [1.82, 2.24) is 15.3 Å². The van der Waals surface area contributed by atoms with E-state index in [0.717, 1.165) is 25.0 Å². The fourth-order valence-electron chi connectivity index (χ4n) is 4.39. The monoisotopic (exact) mass is 531 g/mol. The van der Waals surface area contributed by atoms with Crippen LogP contribution in [0.1, 0.15) is 43.7 Å². The Balaban J connectivity index is 1.51. The van der Waals surface area contributed by atoms with Crippen LogP contribution in [-0.2, 0) is 0 Å². The summed E-state index contributed by atoms with van der Waals surface area (Å²) in [6.07, 6.45) is 3.17. The van der Waals surface area contributed by atoms with Gasteiger partial charge in [0.15, 0.2) is 17.8 Å². The van der Waals surface area contributed by atoms with E-state index in [9.17, 15) is 4.39 Å². The standard InChI is InChI=1S/C25H28Cl2FN7O/c1-13(2)34-25(3)11-35(12-25)21-5-4-14(8-33-21)23(30)15-6-20(18(28)7-19(15)29)36-24(31)22-16(26)9-32-10-17(22)27/h4-10,13,24,30,34H,11-12,29,31H2,1-3H3/t24-/m0/s1. The molecule has 8 nitrogen and oxygen atoms in total. The van der Waals surface area contributed by atoms with Gasteiger partial charge >= 0.3 is 0 Å². The van der Waals surface area contributed by atoms with Crippen molar-refractivity contribution < 1.29 is 9.13 Å². The summed E-state index contributed by atoms with van der Waals surface area (Å²) in [5, 5.41) is 12.6. The van der Waals surface area contributed by atoms with Crippen LogP contribution in [0.15, 0.2) is 42.9 Å². The molecular formula is C25H28Cl2FN7O. The first-order valence-corrected chi connectivity index (χ1v) is 12.1. The maximum absolute atomic E-state index is 14.7. The molecule has 190 valence electrons. The number of nitrogen functional groups attached to an aromatic ring is 1. The summed E-state index contributed by atoms with van der Waals surface area (Å²) in [6, 6.07) is 6.48. The predicted molar refractivity (Wildman–Crippen MR) is 142 cm³/mol. The Hall–Kier alpha value is -2.98. The number of aromatic nitrogens is 2. The SMILES string of the molecule is CC(C)NC1(C)CN(c2ccc(C(=N)c3cc(O[C@H](N)c4c(Cl)cncc4Cl)c(F)cc3N)cn2)C1. The molecule has 6 N–H and O–H groups in total. The van der Waals surface area contributed by atoms with Crippen molar-refractivity contribution in [3.8, 4) is 5.75 Å². The molecule has 4 rings (SSSR count). The number of nitrogens with zero attached hydrogens (tertiary/aromatic N) is 3. The molecule has 36 heavy (non-hydrogen) atoms. The fraction of sp³-hybridized carbons (Fsp3) is 0.320. The van der Waals surface area contributed by atoms with Gasteiger partial charge in [0.25, 0.3) is 0 Å². The van der Waals surface area contributed by atoms with Crippen molar-refractivity contribution in [1.29, 1.82) is 5.41 Å². The van der Waals surface area contributed by atoms with E-state index < -0.39 is 12.0 Å². The third kappa shape index (κ3) is 5.39. The number of anilines is 2. The molecule has 1 aliphatic heterocycles. The number of hydrogen-bond donors (Lipinski definition) is 4. The van der Waals surface area contributed by atoms with Crippen LogP contribution in [0.2, 0.25) is 10.0 Å². The van der Waals surface area contributed by atoms with E-state index in [1.807, 2.05) is 6.07 Å². The van der Waals surface area contributed by atoms with E-state index in [2.05, 4.69) is 41.0 Å². The van der Waals surface area contributed by atoms with Crippen LogP contribution in [0.3, 0.4) is 0 Å². The van der Waals surface area contributed by atoms with Crippen LogP contribution in [0.5, 0.6) is 5.75 Å². The Labute approximate surface area is 219 Å². The van der Waals surface area contributed by atoms with E-state index in [-0.39, 0.29) is 43.9 Å². The first kappa shape index (κ1) is 26.1. The number of rotatable bonds is 8. The minimum Gasteiger partial charge on any atom is -0.468 e. The normalized spacial score (nSPS) is 15.5. The minimum absolute atomic E-state index is 0.0474. The second kappa shape index (κ2) is 10.2. The predicted octanol–water partition coefficient (Wildman–Crippen LogP) is 4.53. The van der Waals surface area contributed by atoms with E-state index >= 15 is 0 Å². The number of pyridine rings is 2. The molecule has 1 aromatic carbocycles. The maximum atomic E-state index is 14.7. The Morgan fingerprint density at radius 2 is 1.86 bits per heavy atom. The fourth-order valence-corrected chi connectivity index (χ4v) is 4.97. The molecule has 0 aliphatic carbocycles. The van der Waals surface area contributed by atoms with Crippen LogP contribution >= 0.6 is 23.2 Å². The molecule has 1 aliphatic rings. The highest BCUT2D eigenvalue weighted by Crippen LogP contribution is 2.33. The summed E-state index contributed by atoms with van der Waals surface area (Å²) < 4.78 is 20.3. The largest absolute Gasteiger partial charge is 0.468 e. The molecule has 0 unspecified atom stereocenters. The summed E-state index contributed by atoms with van der Waals surface area (Å²) in [4.78, 5) is 10.6. The van der Waals surface area contributed by atoms with Crippen molar-refractivity contribution >= 4 is 40.4 Å². The van der Waals surface area contributed by atoms with Gasteiger partial charge in [0.2, 0.25) is 0 Å². The lowest BCUT2D eigenvalue weighted by atomic mass is 9.91. The number of ether oxygens (including phenoxy) is 1. The first-order chi connectivity index (χ1) is 17.0. The van der Waals surface area contributed by atoms with Gasteiger partial charge in [-0.3, -0.25) is 16.1 Å². The topological polar surface area (TPSA) is 126 Å². The summed E-state index contributed by atoms with van der Waals surface area (Å²) in [5.74, 6) is -0.102. The molecule has 0 saturated carbocycles. The summed E-state index contributed by atoms with van der Waals surface area (Å²) in [5.41, 5.74) is 13.4. The van der Waals surface area contributed by atoms with Gasteiger partial charge < -0.3 is 20.7 Å². The highest BCUT2D eigenvalue weighted by molar-refractivity contribution is 6.35. The lowest BCUT2D eigenvalue weighted by Crippen LogP contribution is -2.69. The van der Waals surface area contributed by atoms with Crippen molar-refractivity contribution in [2.45, 2.75) is 38.6 Å². The van der Waals surface area contributed by atoms with E-state index in [1.54, 1.807) is 12.3 Å². The first-order valence-electron chi connectivity index (χ1n) is 11.4. The molecular weight excluding hydrogens is 504 g/mol. The van der Waals surface area contributed by atoms with Crippen LogP contribution in [0, 0.1) is 11.2 Å². The summed E-state index contributed by atoms with van der Waals surface area (Å²) in [6.45, 7) is 8.12. The second-order valence-electron chi connectivity index (χ2n) is 9.42. The van der Waals surface area contributed by atoms with Crippen molar-refractivity contribution in [2.75, 3.05) is 23.7 Å². The average molecular weight is 532 g/mol. The van der Waals surface area contributed by atoms with E-state index in [0.29, 0.717) is 11.6 Å². The zero-order chi connectivity index (χ0) is 26.2.